The van der Waals surface area contributed by atoms with Crippen molar-refractivity contribution in [2.24, 2.45) is 5.92 Å². The van der Waals surface area contributed by atoms with Gasteiger partial charge in [-0.1, -0.05) is 39.0 Å². The summed E-state index contributed by atoms with van der Waals surface area (Å²) in [5, 5.41) is 0. The zero-order valence-electron chi connectivity index (χ0n) is 9.06. The van der Waals surface area contributed by atoms with E-state index in [1.807, 2.05) is 0 Å². The smallest absolute Gasteiger partial charge is 0.0494 e. The summed E-state index contributed by atoms with van der Waals surface area (Å²) in [6.45, 7) is 4.28. The molecule has 0 atom stereocenters. The first-order chi connectivity index (χ1) is 6.43. The standard InChI is InChI=1S/C12H24O/c1-2-3-4-7-10-13-11-12-8-5-6-9-12/h12H,2-11H2,1H3. The maximum absolute atomic E-state index is 5.66. The lowest BCUT2D eigenvalue weighted by atomic mass is 10.1. The van der Waals surface area contributed by atoms with Crippen LogP contribution in [0, 0.1) is 5.92 Å². The highest BCUT2D eigenvalue weighted by molar-refractivity contribution is 4.66. The Labute approximate surface area is 82.9 Å². The lowest BCUT2D eigenvalue weighted by molar-refractivity contribution is 0.0979. The monoisotopic (exact) mass is 184 g/mol. The van der Waals surface area contributed by atoms with Gasteiger partial charge in [0.25, 0.3) is 0 Å². The van der Waals surface area contributed by atoms with Crippen molar-refractivity contribution < 1.29 is 4.74 Å². The van der Waals surface area contributed by atoms with Gasteiger partial charge in [0.1, 0.15) is 0 Å². The van der Waals surface area contributed by atoms with E-state index in [9.17, 15) is 0 Å². The average Bonchev–Trinajstić information content (AvgIpc) is 2.63. The van der Waals surface area contributed by atoms with Gasteiger partial charge in [-0.2, -0.15) is 0 Å². The molecule has 0 spiro atoms. The van der Waals surface area contributed by atoms with Crippen molar-refractivity contribution >= 4 is 0 Å². The van der Waals surface area contributed by atoms with Gasteiger partial charge >= 0.3 is 0 Å². The molecule has 1 saturated carbocycles. The van der Waals surface area contributed by atoms with Crippen LogP contribution in [-0.4, -0.2) is 13.2 Å². The minimum absolute atomic E-state index is 0.895. The second-order valence-electron chi connectivity index (χ2n) is 4.29. The van der Waals surface area contributed by atoms with E-state index in [0.29, 0.717) is 0 Å². The van der Waals surface area contributed by atoms with Crippen LogP contribution in [-0.2, 0) is 4.74 Å². The van der Waals surface area contributed by atoms with Gasteiger partial charge in [0, 0.05) is 13.2 Å². The van der Waals surface area contributed by atoms with E-state index < -0.39 is 0 Å². The fourth-order valence-corrected chi connectivity index (χ4v) is 2.06. The van der Waals surface area contributed by atoms with Crippen LogP contribution in [0.25, 0.3) is 0 Å². The molecule has 0 aliphatic heterocycles. The first kappa shape index (κ1) is 11.0. The Morgan fingerprint density at radius 1 is 1.08 bits per heavy atom. The van der Waals surface area contributed by atoms with Gasteiger partial charge in [0.05, 0.1) is 0 Å². The molecule has 0 N–H and O–H groups in total. The molecule has 13 heavy (non-hydrogen) atoms. The van der Waals surface area contributed by atoms with E-state index in [-0.39, 0.29) is 0 Å². The number of hydrogen-bond donors (Lipinski definition) is 0. The SMILES string of the molecule is CCCCCCOCC1CCCC1. The largest absolute Gasteiger partial charge is 0.381 e. The number of hydrogen-bond acceptors (Lipinski definition) is 1. The van der Waals surface area contributed by atoms with Crippen molar-refractivity contribution in [3.63, 3.8) is 0 Å². The van der Waals surface area contributed by atoms with E-state index in [1.165, 1.54) is 51.4 Å². The maximum Gasteiger partial charge on any atom is 0.0494 e. The van der Waals surface area contributed by atoms with E-state index in [4.69, 9.17) is 4.74 Å². The van der Waals surface area contributed by atoms with Crippen LogP contribution in [0.2, 0.25) is 0 Å². The summed E-state index contributed by atoms with van der Waals surface area (Å²) in [6.07, 6.45) is 11.0. The lowest BCUT2D eigenvalue weighted by Gasteiger charge is -2.09. The van der Waals surface area contributed by atoms with Gasteiger partial charge in [-0.3, -0.25) is 0 Å². The number of ether oxygens (including phenoxy) is 1. The van der Waals surface area contributed by atoms with Crippen LogP contribution >= 0.6 is 0 Å². The van der Waals surface area contributed by atoms with Crippen LogP contribution in [0.3, 0.4) is 0 Å². The van der Waals surface area contributed by atoms with Crippen molar-refractivity contribution in [2.45, 2.75) is 58.3 Å². The molecule has 0 radical (unpaired) electrons. The zero-order valence-corrected chi connectivity index (χ0v) is 9.06. The summed E-state index contributed by atoms with van der Waals surface area (Å²) in [4.78, 5) is 0. The zero-order chi connectivity index (χ0) is 9.36. The fourth-order valence-electron chi connectivity index (χ4n) is 2.06. The van der Waals surface area contributed by atoms with Crippen LogP contribution in [0.1, 0.15) is 58.3 Å². The molecule has 1 rings (SSSR count). The van der Waals surface area contributed by atoms with Crippen molar-refractivity contribution in [3.05, 3.63) is 0 Å². The summed E-state index contributed by atoms with van der Waals surface area (Å²) >= 11 is 0. The predicted molar refractivity (Wildman–Crippen MR) is 56.9 cm³/mol. The minimum atomic E-state index is 0.895. The molecule has 0 aromatic carbocycles. The average molecular weight is 184 g/mol. The van der Waals surface area contributed by atoms with Gasteiger partial charge < -0.3 is 4.74 Å². The third kappa shape index (κ3) is 5.30. The molecule has 0 aromatic rings. The van der Waals surface area contributed by atoms with E-state index >= 15 is 0 Å². The molecule has 0 aromatic heterocycles. The predicted octanol–water partition coefficient (Wildman–Crippen LogP) is 3.77. The first-order valence-corrected chi connectivity index (χ1v) is 6.01. The molecule has 0 bridgehead atoms. The van der Waals surface area contributed by atoms with Gasteiger partial charge in [-0.15, -0.1) is 0 Å². The molecule has 0 saturated heterocycles. The normalized spacial score (nSPS) is 18.2. The molecule has 0 unspecified atom stereocenters. The van der Waals surface area contributed by atoms with Crippen molar-refractivity contribution in [1.29, 1.82) is 0 Å². The summed E-state index contributed by atoms with van der Waals surface area (Å²) in [7, 11) is 0. The molecule has 1 aliphatic carbocycles. The summed E-state index contributed by atoms with van der Waals surface area (Å²) in [6, 6.07) is 0. The lowest BCUT2D eigenvalue weighted by Crippen LogP contribution is -2.06. The molecule has 0 heterocycles. The van der Waals surface area contributed by atoms with E-state index in [2.05, 4.69) is 6.92 Å². The molecule has 1 nitrogen and oxygen atoms in total. The molecule has 0 amide bonds. The molecule has 1 aliphatic rings. The number of unbranched alkanes of at least 4 members (excludes halogenated alkanes) is 3. The minimum Gasteiger partial charge on any atom is -0.381 e. The Kier molecular flexibility index (Phi) is 6.26. The third-order valence-corrected chi connectivity index (χ3v) is 2.97. The summed E-state index contributed by atoms with van der Waals surface area (Å²) in [5.74, 6) is 0.895. The molecular weight excluding hydrogens is 160 g/mol. The Bertz CT molecular complexity index is 106. The highest BCUT2D eigenvalue weighted by atomic mass is 16.5. The Morgan fingerprint density at radius 3 is 2.54 bits per heavy atom. The summed E-state index contributed by atoms with van der Waals surface area (Å²) in [5.41, 5.74) is 0. The van der Waals surface area contributed by atoms with Crippen LogP contribution in [0.4, 0.5) is 0 Å². The fraction of sp³-hybridized carbons (Fsp3) is 1.00. The van der Waals surface area contributed by atoms with E-state index in [0.717, 1.165) is 19.1 Å². The van der Waals surface area contributed by atoms with E-state index in [1.54, 1.807) is 0 Å². The molecule has 1 heteroatoms. The second kappa shape index (κ2) is 7.37. The Balaban J connectivity index is 1.78. The van der Waals surface area contributed by atoms with Gasteiger partial charge in [0.2, 0.25) is 0 Å². The highest BCUT2D eigenvalue weighted by Gasteiger charge is 2.14. The second-order valence-corrected chi connectivity index (χ2v) is 4.29. The van der Waals surface area contributed by atoms with Gasteiger partial charge in [-0.25, -0.2) is 0 Å². The van der Waals surface area contributed by atoms with Crippen molar-refractivity contribution in [3.8, 4) is 0 Å². The maximum atomic E-state index is 5.66. The number of rotatable bonds is 7. The Morgan fingerprint density at radius 2 is 1.85 bits per heavy atom. The third-order valence-electron chi connectivity index (χ3n) is 2.97. The van der Waals surface area contributed by atoms with Crippen LogP contribution in [0.5, 0.6) is 0 Å². The van der Waals surface area contributed by atoms with Crippen molar-refractivity contribution in [1.82, 2.24) is 0 Å². The summed E-state index contributed by atoms with van der Waals surface area (Å²) < 4.78 is 5.66. The quantitative estimate of drug-likeness (QED) is 0.547. The van der Waals surface area contributed by atoms with Crippen molar-refractivity contribution in [2.75, 3.05) is 13.2 Å². The van der Waals surface area contributed by atoms with Crippen LogP contribution in [0.15, 0.2) is 0 Å². The molecule has 1 fully saturated rings. The topological polar surface area (TPSA) is 9.23 Å². The molecular formula is C12H24O. The van der Waals surface area contributed by atoms with Gasteiger partial charge in [0.15, 0.2) is 0 Å². The highest BCUT2D eigenvalue weighted by Crippen LogP contribution is 2.24. The van der Waals surface area contributed by atoms with Gasteiger partial charge in [-0.05, 0) is 25.2 Å². The van der Waals surface area contributed by atoms with Crippen LogP contribution < -0.4 is 0 Å². The Hall–Kier alpha value is -0.0400. The first-order valence-electron chi connectivity index (χ1n) is 6.01. The molecule has 78 valence electrons.